The molecule has 1 aliphatic rings. The first-order chi connectivity index (χ1) is 16.3. The number of carbonyl (C=O) groups excluding carboxylic acids is 1. The number of ether oxygens (including phenoxy) is 1. The molecule has 1 saturated heterocycles. The van der Waals surface area contributed by atoms with Crippen LogP contribution in [0.15, 0.2) is 18.5 Å². The summed E-state index contributed by atoms with van der Waals surface area (Å²) in [5.41, 5.74) is 14.0. The molecule has 0 radical (unpaired) electrons. The molecule has 1 aromatic carbocycles. The molecular formula is C22H24FN9O2. The summed E-state index contributed by atoms with van der Waals surface area (Å²) in [7, 11) is 1.78. The zero-order chi connectivity index (χ0) is 24.0. The van der Waals surface area contributed by atoms with E-state index >= 15 is 0 Å². The number of hydrogen-bond donors (Lipinski definition) is 4. The number of nitrogen functional groups attached to an aromatic ring is 1. The van der Waals surface area contributed by atoms with Gasteiger partial charge in [-0.1, -0.05) is 0 Å². The number of aromatic amines is 1. The first-order valence-electron chi connectivity index (χ1n) is 10.8. The van der Waals surface area contributed by atoms with Crippen LogP contribution >= 0.6 is 0 Å². The second-order valence-corrected chi connectivity index (χ2v) is 8.33. The van der Waals surface area contributed by atoms with Crippen molar-refractivity contribution in [3.05, 3.63) is 35.5 Å². The van der Waals surface area contributed by atoms with Crippen LogP contribution in [0.3, 0.4) is 0 Å². The minimum absolute atomic E-state index is 0.0105. The van der Waals surface area contributed by atoms with E-state index in [1.54, 1.807) is 24.9 Å². The van der Waals surface area contributed by atoms with Crippen LogP contribution in [-0.4, -0.2) is 55.1 Å². The van der Waals surface area contributed by atoms with Crippen molar-refractivity contribution in [3.63, 3.8) is 0 Å². The van der Waals surface area contributed by atoms with Gasteiger partial charge in [0.1, 0.15) is 11.3 Å². The average Bonchev–Trinajstić information content (AvgIpc) is 3.42. The van der Waals surface area contributed by atoms with Crippen LogP contribution in [0, 0.1) is 12.7 Å². The molecule has 5 rings (SSSR count). The number of anilines is 2. The van der Waals surface area contributed by atoms with Gasteiger partial charge in [0.15, 0.2) is 17.3 Å². The van der Waals surface area contributed by atoms with E-state index in [9.17, 15) is 9.18 Å². The van der Waals surface area contributed by atoms with E-state index in [0.717, 1.165) is 12.8 Å². The number of nitrogens with one attached hydrogen (secondary N) is 2. The fourth-order valence-corrected chi connectivity index (χ4v) is 4.28. The van der Waals surface area contributed by atoms with Gasteiger partial charge in [0.2, 0.25) is 0 Å². The molecule has 0 spiro atoms. The van der Waals surface area contributed by atoms with Gasteiger partial charge in [-0.3, -0.25) is 14.6 Å². The van der Waals surface area contributed by atoms with E-state index in [1.165, 1.54) is 12.3 Å². The highest BCUT2D eigenvalue weighted by molar-refractivity contribution is 6.04. The molecule has 0 bridgehead atoms. The molecule has 11 nitrogen and oxygen atoms in total. The van der Waals surface area contributed by atoms with Crippen LogP contribution in [0.1, 0.15) is 28.9 Å². The third kappa shape index (κ3) is 3.71. The van der Waals surface area contributed by atoms with Crippen molar-refractivity contribution in [2.75, 3.05) is 24.3 Å². The Labute approximate surface area is 193 Å². The van der Waals surface area contributed by atoms with E-state index in [-0.39, 0.29) is 34.5 Å². The molecule has 176 valence electrons. The lowest BCUT2D eigenvalue weighted by molar-refractivity contribution is 0.0903. The van der Waals surface area contributed by atoms with Gasteiger partial charge < -0.3 is 21.5 Å². The smallest absolute Gasteiger partial charge is 0.269 e. The summed E-state index contributed by atoms with van der Waals surface area (Å²) in [5, 5.41) is 15.1. The van der Waals surface area contributed by atoms with Crippen molar-refractivity contribution in [1.29, 1.82) is 0 Å². The number of aromatic nitrogens is 6. The van der Waals surface area contributed by atoms with Crippen molar-refractivity contribution in [2.24, 2.45) is 12.8 Å². The van der Waals surface area contributed by atoms with Crippen LogP contribution < -0.4 is 16.8 Å². The Morgan fingerprint density at radius 3 is 2.82 bits per heavy atom. The quantitative estimate of drug-likeness (QED) is 0.348. The molecule has 4 heterocycles. The molecule has 0 aliphatic carbocycles. The number of H-pyrrole nitrogens is 1. The summed E-state index contributed by atoms with van der Waals surface area (Å²) < 4.78 is 21.5. The highest BCUT2D eigenvalue weighted by Crippen LogP contribution is 2.37. The third-order valence-corrected chi connectivity index (χ3v) is 5.93. The summed E-state index contributed by atoms with van der Waals surface area (Å²) in [6.45, 7) is 3.07. The number of benzene rings is 1. The summed E-state index contributed by atoms with van der Waals surface area (Å²) >= 11 is 0. The van der Waals surface area contributed by atoms with Gasteiger partial charge >= 0.3 is 0 Å². The molecule has 0 saturated carbocycles. The molecule has 1 amide bonds. The van der Waals surface area contributed by atoms with Crippen molar-refractivity contribution in [3.8, 4) is 22.6 Å². The van der Waals surface area contributed by atoms with Crippen molar-refractivity contribution in [2.45, 2.75) is 25.8 Å². The first-order valence-corrected chi connectivity index (χ1v) is 10.8. The van der Waals surface area contributed by atoms with Crippen molar-refractivity contribution in [1.82, 2.24) is 29.9 Å². The standard InChI is InChI=1S/C22H24FN9O2/c1-10-7-14(23)17-12(8-26-30-17)15(10)18-16(24)19(20(25)33)29-21(28-18)13-9-32(2)31-22(13)27-11-3-5-34-6-4-11/h7-9,11H,3-6,24H2,1-2H3,(H2,25,33)(H,26,30)(H,27,31). The monoisotopic (exact) mass is 465 g/mol. The van der Waals surface area contributed by atoms with Crippen molar-refractivity contribution >= 4 is 28.3 Å². The maximum absolute atomic E-state index is 14.5. The minimum Gasteiger partial charge on any atom is -0.395 e. The molecule has 12 heteroatoms. The molecule has 4 aromatic rings. The lowest BCUT2D eigenvalue weighted by atomic mass is 9.98. The van der Waals surface area contributed by atoms with Crippen LogP contribution in [0.2, 0.25) is 0 Å². The van der Waals surface area contributed by atoms with E-state index in [2.05, 4.69) is 25.6 Å². The Bertz CT molecular complexity index is 1410. The number of aryl methyl sites for hydroxylation is 2. The molecule has 1 fully saturated rings. The number of nitrogens with zero attached hydrogens (tertiary/aromatic N) is 5. The van der Waals surface area contributed by atoms with Crippen LogP contribution in [0.4, 0.5) is 15.9 Å². The number of amides is 1. The lowest BCUT2D eigenvalue weighted by Crippen LogP contribution is -2.28. The summed E-state index contributed by atoms with van der Waals surface area (Å²) in [5.74, 6) is -0.453. The fourth-order valence-electron chi connectivity index (χ4n) is 4.28. The van der Waals surface area contributed by atoms with Gasteiger partial charge in [-0.2, -0.15) is 10.2 Å². The van der Waals surface area contributed by atoms with E-state index < -0.39 is 11.7 Å². The summed E-state index contributed by atoms with van der Waals surface area (Å²) in [6.07, 6.45) is 4.92. The number of carbonyl (C=O) groups is 1. The Hall–Kier alpha value is -4.06. The average molecular weight is 465 g/mol. The maximum Gasteiger partial charge on any atom is 0.269 e. The Balaban J connectivity index is 1.70. The van der Waals surface area contributed by atoms with Gasteiger partial charge in [0.05, 0.1) is 23.1 Å². The van der Waals surface area contributed by atoms with Crippen molar-refractivity contribution < 1.29 is 13.9 Å². The Kier molecular flexibility index (Phi) is 5.36. The number of fused-ring (bicyclic) bond motifs is 1. The van der Waals surface area contributed by atoms with Crippen LogP contribution in [0.5, 0.6) is 0 Å². The number of halogens is 1. The van der Waals surface area contributed by atoms with E-state index in [1.807, 2.05) is 0 Å². The highest BCUT2D eigenvalue weighted by atomic mass is 19.1. The molecule has 0 atom stereocenters. The predicted octanol–water partition coefficient (Wildman–Crippen LogP) is 2.14. The molecule has 1 aliphatic heterocycles. The zero-order valence-electron chi connectivity index (χ0n) is 18.7. The predicted molar refractivity (Wildman–Crippen MR) is 124 cm³/mol. The van der Waals surface area contributed by atoms with Gasteiger partial charge in [-0.25, -0.2) is 14.4 Å². The zero-order valence-corrected chi connectivity index (χ0v) is 18.7. The topological polar surface area (TPSA) is 163 Å². The highest BCUT2D eigenvalue weighted by Gasteiger charge is 2.25. The first kappa shape index (κ1) is 21.8. The Morgan fingerprint density at radius 2 is 2.09 bits per heavy atom. The minimum atomic E-state index is -0.798. The molecular weight excluding hydrogens is 441 g/mol. The SMILES string of the molecule is Cc1cc(F)c2[nH]ncc2c1-c1nc(-c2cn(C)nc2NC2CCOCC2)nc(C(N)=O)c1N. The van der Waals surface area contributed by atoms with Gasteiger partial charge in [-0.15, -0.1) is 0 Å². The molecule has 0 unspecified atom stereocenters. The third-order valence-electron chi connectivity index (χ3n) is 5.93. The second-order valence-electron chi connectivity index (χ2n) is 8.33. The van der Waals surface area contributed by atoms with E-state index in [0.29, 0.717) is 41.1 Å². The fraction of sp³-hybridized carbons (Fsp3) is 0.318. The van der Waals surface area contributed by atoms with Gasteiger partial charge in [0.25, 0.3) is 5.91 Å². The summed E-state index contributed by atoms with van der Waals surface area (Å²) in [4.78, 5) is 21.4. The number of primary amides is 1. The number of hydrogen-bond acceptors (Lipinski definition) is 8. The number of nitrogens with two attached hydrogens (primary N) is 2. The normalized spacial score (nSPS) is 14.6. The molecule has 6 N–H and O–H groups in total. The van der Waals surface area contributed by atoms with Gasteiger partial charge in [0, 0.05) is 43.4 Å². The van der Waals surface area contributed by atoms with Gasteiger partial charge in [-0.05, 0) is 31.4 Å². The molecule has 3 aromatic heterocycles. The van der Waals surface area contributed by atoms with Crippen LogP contribution in [-0.2, 0) is 11.8 Å². The number of rotatable bonds is 5. The van der Waals surface area contributed by atoms with Crippen LogP contribution in [0.25, 0.3) is 33.5 Å². The summed E-state index contributed by atoms with van der Waals surface area (Å²) in [6, 6.07) is 1.54. The second kappa shape index (κ2) is 8.37. The largest absolute Gasteiger partial charge is 0.395 e. The van der Waals surface area contributed by atoms with E-state index in [4.69, 9.17) is 21.2 Å². The lowest BCUT2D eigenvalue weighted by Gasteiger charge is -2.23. The maximum atomic E-state index is 14.5. The Morgan fingerprint density at radius 1 is 1.32 bits per heavy atom. The molecule has 34 heavy (non-hydrogen) atoms.